The molecule has 2 aromatic rings. The zero-order valence-electron chi connectivity index (χ0n) is 16.5. The molecule has 0 heterocycles. The lowest BCUT2D eigenvalue weighted by Gasteiger charge is -2.14. The molecule has 0 aliphatic heterocycles. The van der Waals surface area contributed by atoms with Gasteiger partial charge in [-0.25, -0.2) is 8.78 Å². The van der Waals surface area contributed by atoms with Gasteiger partial charge in [0.25, 0.3) is 0 Å². The second-order valence-electron chi connectivity index (χ2n) is 7.19. The van der Waals surface area contributed by atoms with Gasteiger partial charge in [0.2, 0.25) is 5.91 Å². The van der Waals surface area contributed by atoms with Gasteiger partial charge in [-0.15, -0.1) is 0 Å². The highest BCUT2D eigenvalue weighted by atomic mass is 19.1. The lowest BCUT2D eigenvalue weighted by atomic mass is 10.1. The van der Waals surface area contributed by atoms with E-state index in [2.05, 4.69) is 20.9 Å². The zero-order chi connectivity index (χ0) is 20.6. The van der Waals surface area contributed by atoms with Crippen LogP contribution in [-0.2, 0) is 17.9 Å². The maximum absolute atomic E-state index is 13.7. The van der Waals surface area contributed by atoms with Gasteiger partial charge < -0.3 is 16.0 Å². The molecule has 3 rings (SSSR count). The molecule has 0 aromatic heterocycles. The average molecular weight is 400 g/mol. The molecule has 29 heavy (non-hydrogen) atoms. The first-order valence-electron chi connectivity index (χ1n) is 9.83. The predicted octanol–water partition coefficient (Wildman–Crippen LogP) is 3.96. The number of rotatable bonds is 6. The number of hydrogen-bond acceptors (Lipinski definition) is 2. The first-order chi connectivity index (χ1) is 14.0. The number of nitrogens with zero attached hydrogens (tertiary/aromatic N) is 1. The Balaban J connectivity index is 1.52. The maximum atomic E-state index is 13.7. The summed E-state index contributed by atoms with van der Waals surface area (Å²) in [5.74, 6) is -0.290. The average Bonchev–Trinajstić information content (AvgIpc) is 3.26. The molecular weight excluding hydrogens is 374 g/mol. The van der Waals surface area contributed by atoms with Gasteiger partial charge in [0.05, 0.1) is 0 Å². The molecule has 0 saturated heterocycles. The Morgan fingerprint density at radius 2 is 1.83 bits per heavy atom. The summed E-state index contributed by atoms with van der Waals surface area (Å²) in [6.45, 7) is 0.583. The van der Waals surface area contributed by atoms with E-state index < -0.39 is 11.6 Å². The normalized spacial score (nSPS) is 14.7. The molecule has 1 fully saturated rings. The monoisotopic (exact) mass is 400 g/mol. The van der Waals surface area contributed by atoms with Crippen molar-refractivity contribution < 1.29 is 13.6 Å². The van der Waals surface area contributed by atoms with Crippen molar-refractivity contribution in [3.63, 3.8) is 0 Å². The van der Waals surface area contributed by atoms with Crippen molar-refractivity contribution in [2.75, 3.05) is 12.4 Å². The van der Waals surface area contributed by atoms with Crippen molar-refractivity contribution in [3.8, 4) is 0 Å². The number of halogens is 2. The number of hydrogen-bond donors (Lipinski definition) is 3. The quantitative estimate of drug-likeness (QED) is 0.508. The molecule has 0 unspecified atom stereocenters. The number of guanidine groups is 1. The Hall–Kier alpha value is -2.96. The van der Waals surface area contributed by atoms with Gasteiger partial charge in [-0.1, -0.05) is 25.0 Å². The fourth-order valence-electron chi connectivity index (χ4n) is 3.46. The molecule has 2 aromatic carbocycles. The van der Waals surface area contributed by atoms with Crippen LogP contribution in [0, 0.1) is 17.6 Å². The van der Waals surface area contributed by atoms with Crippen LogP contribution < -0.4 is 16.0 Å². The fraction of sp³-hybridized carbons (Fsp3) is 0.364. The number of benzene rings is 2. The fourth-order valence-corrected chi connectivity index (χ4v) is 3.46. The Kier molecular flexibility index (Phi) is 7.16. The minimum Gasteiger partial charge on any atom is -0.352 e. The van der Waals surface area contributed by atoms with Crippen molar-refractivity contribution in [2.45, 2.75) is 38.8 Å². The van der Waals surface area contributed by atoms with Gasteiger partial charge in [-0.05, 0) is 48.7 Å². The van der Waals surface area contributed by atoms with Crippen molar-refractivity contribution in [1.82, 2.24) is 10.6 Å². The van der Waals surface area contributed by atoms with Crippen LogP contribution in [-0.4, -0.2) is 18.9 Å². The molecule has 0 atom stereocenters. The SMILES string of the molecule is CN=C(NCc1cccc(NC(=O)C2CCCC2)c1)NCc1cc(F)ccc1F. The third-order valence-corrected chi connectivity index (χ3v) is 5.06. The van der Waals surface area contributed by atoms with Gasteiger partial charge in [0.15, 0.2) is 5.96 Å². The molecule has 0 bridgehead atoms. The molecule has 154 valence electrons. The van der Waals surface area contributed by atoms with E-state index in [-0.39, 0.29) is 23.9 Å². The molecule has 7 heteroatoms. The van der Waals surface area contributed by atoms with Crippen molar-refractivity contribution >= 4 is 17.6 Å². The Labute approximate surface area is 169 Å². The summed E-state index contributed by atoms with van der Waals surface area (Å²) in [6, 6.07) is 11.0. The number of amides is 1. The Morgan fingerprint density at radius 3 is 2.59 bits per heavy atom. The number of nitrogens with one attached hydrogen (secondary N) is 3. The Morgan fingerprint density at radius 1 is 1.07 bits per heavy atom. The van der Waals surface area contributed by atoms with E-state index in [1.807, 2.05) is 24.3 Å². The molecule has 5 nitrogen and oxygen atoms in total. The van der Waals surface area contributed by atoms with Crippen LogP contribution in [0.4, 0.5) is 14.5 Å². The first-order valence-corrected chi connectivity index (χ1v) is 9.83. The van der Waals surface area contributed by atoms with Gasteiger partial charge in [-0.2, -0.15) is 0 Å². The summed E-state index contributed by atoms with van der Waals surface area (Å²) in [6.07, 6.45) is 4.16. The number of carbonyl (C=O) groups excluding carboxylic acids is 1. The molecule has 1 amide bonds. The van der Waals surface area contributed by atoms with Crippen LogP contribution >= 0.6 is 0 Å². The van der Waals surface area contributed by atoms with E-state index in [0.29, 0.717) is 12.5 Å². The highest BCUT2D eigenvalue weighted by Crippen LogP contribution is 2.26. The number of aliphatic imine (C=N–C) groups is 1. The molecular formula is C22H26F2N4O. The molecule has 3 N–H and O–H groups in total. The molecule has 1 aliphatic carbocycles. The van der Waals surface area contributed by atoms with E-state index in [1.54, 1.807) is 7.05 Å². The van der Waals surface area contributed by atoms with Gasteiger partial charge >= 0.3 is 0 Å². The van der Waals surface area contributed by atoms with E-state index >= 15 is 0 Å². The summed E-state index contributed by atoms with van der Waals surface area (Å²) in [5, 5.41) is 9.10. The van der Waals surface area contributed by atoms with Crippen LogP contribution in [0.3, 0.4) is 0 Å². The zero-order valence-corrected chi connectivity index (χ0v) is 16.5. The van der Waals surface area contributed by atoms with Crippen molar-refractivity contribution in [2.24, 2.45) is 10.9 Å². The lowest BCUT2D eigenvalue weighted by molar-refractivity contribution is -0.119. The predicted molar refractivity (Wildman–Crippen MR) is 110 cm³/mol. The second kappa shape index (κ2) is 10.0. The number of anilines is 1. The smallest absolute Gasteiger partial charge is 0.227 e. The van der Waals surface area contributed by atoms with Crippen LogP contribution in [0.5, 0.6) is 0 Å². The minimum absolute atomic E-state index is 0.0854. The third kappa shape index (κ3) is 6.01. The lowest BCUT2D eigenvalue weighted by Crippen LogP contribution is -2.36. The molecule has 0 radical (unpaired) electrons. The van der Waals surface area contributed by atoms with Gasteiger partial charge in [-0.3, -0.25) is 9.79 Å². The molecule has 1 aliphatic rings. The maximum Gasteiger partial charge on any atom is 0.227 e. The topological polar surface area (TPSA) is 65.5 Å². The Bertz CT molecular complexity index is 879. The second-order valence-corrected chi connectivity index (χ2v) is 7.19. The van der Waals surface area contributed by atoms with E-state index in [9.17, 15) is 13.6 Å². The van der Waals surface area contributed by atoms with Crippen molar-refractivity contribution in [3.05, 3.63) is 65.2 Å². The van der Waals surface area contributed by atoms with E-state index in [4.69, 9.17) is 0 Å². The highest BCUT2D eigenvalue weighted by Gasteiger charge is 2.22. The minimum atomic E-state index is -0.484. The van der Waals surface area contributed by atoms with E-state index in [1.165, 1.54) is 0 Å². The van der Waals surface area contributed by atoms with Crippen LogP contribution in [0.15, 0.2) is 47.5 Å². The molecule has 0 spiro atoms. The standard InChI is InChI=1S/C22H26F2N4O/c1-25-22(27-14-17-12-18(23)9-10-20(17)24)26-13-15-5-4-8-19(11-15)28-21(29)16-6-2-3-7-16/h4-5,8-12,16H,2-3,6-7,13-14H2,1H3,(H,28,29)(H2,25,26,27). The summed E-state index contributed by atoms with van der Waals surface area (Å²) in [5.41, 5.74) is 1.96. The van der Waals surface area contributed by atoms with E-state index in [0.717, 1.165) is 55.1 Å². The van der Waals surface area contributed by atoms with Gasteiger partial charge in [0.1, 0.15) is 11.6 Å². The summed E-state index contributed by atoms with van der Waals surface area (Å²) < 4.78 is 27.0. The van der Waals surface area contributed by atoms with Crippen LogP contribution in [0.1, 0.15) is 36.8 Å². The largest absolute Gasteiger partial charge is 0.352 e. The van der Waals surface area contributed by atoms with Gasteiger partial charge in [0, 0.05) is 37.3 Å². The first kappa shape index (κ1) is 20.8. The van der Waals surface area contributed by atoms with Crippen molar-refractivity contribution in [1.29, 1.82) is 0 Å². The summed E-state index contributed by atoms with van der Waals surface area (Å²) >= 11 is 0. The third-order valence-electron chi connectivity index (χ3n) is 5.06. The molecule has 1 saturated carbocycles. The van der Waals surface area contributed by atoms with Crippen LogP contribution in [0.2, 0.25) is 0 Å². The number of carbonyl (C=O) groups is 1. The summed E-state index contributed by atoms with van der Waals surface area (Å²) in [4.78, 5) is 16.4. The van der Waals surface area contributed by atoms with Crippen LogP contribution in [0.25, 0.3) is 0 Å². The highest BCUT2D eigenvalue weighted by molar-refractivity contribution is 5.92. The summed E-state index contributed by atoms with van der Waals surface area (Å²) in [7, 11) is 1.61.